The lowest BCUT2D eigenvalue weighted by atomic mass is 9.94. The number of aliphatic carboxylic acids is 1. The van der Waals surface area contributed by atoms with Crippen LogP contribution in [0, 0.1) is 18.8 Å². The van der Waals surface area contributed by atoms with Crippen molar-refractivity contribution in [2.45, 2.75) is 37.3 Å². The molecule has 2 aliphatic rings. The Morgan fingerprint density at radius 3 is 2.60 bits per heavy atom. The Morgan fingerprint density at radius 2 is 2.00 bits per heavy atom. The van der Waals surface area contributed by atoms with Gasteiger partial charge in [-0.15, -0.1) is 0 Å². The van der Waals surface area contributed by atoms with Gasteiger partial charge in [0.15, 0.2) is 0 Å². The zero-order valence-corrected chi connectivity index (χ0v) is 15.2. The van der Waals surface area contributed by atoms with E-state index in [0.717, 1.165) is 23.6 Å². The van der Waals surface area contributed by atoms with Gasteiger partial charge in [-0.05, 0) is 31.6 Å². The number of hydrogen-bond acceptors (Lipinski definition) is 5. The average molecular weight is 370 g/mol. The van der Waals surface area contributed by atoms with Gasteiger partial charge in [0.2, 0.25) is 5.09 Å². The van der Waals surface area contributed by atoms with Crippen LogP contribution >= 0.6 is 0 Å². The quantitative estimate of drug-likeness (QED) is 0.852. The van der Waals surface area contributed by atoms with Crippen molar-refractivity contribution in [1.82, 2.24) is 9.21 Å². The molecule has 25 heavy (non-hydrogen) atoms. The van der Waals surface area contributed by atoms with E-state index in [1.54, 1.807) is 0 Å². The van der Waals surface area contributed by atoms with Crippen molar-refractivity contribution in [1.29, 1.82) is 0 Å². The molecule has 0 bridgehead atoms. The molecule has 0 radical (unpaired) electrons. The molecule has 3 unspecified atom stereocenters. The van der Waals surface area contributed by atoms with Crippen LogP contribution in [0.2, 0.25) is 0 Å². The molecule has 1 saturated carbocycles. The van der Waals surface area contributed by atoms with Crippen molar-refractivity contribution in [3.63, 3.8) is 0 Å². The standard InChI is InChI=1S/C16H22N2O6S/c1-9-12(7-13(24-9)25(22,23)17(2)3)15(19)18-8-10-5-4-6-11(10)14(18)16(20)21/h7,10-11,14H,4-6,8H2,1-3H3,(H,20,21). The van der Waals surface area contributed by atoms with E-state index in [9.17, 15) is 23.1 Å². The van der Waals surface area contributed by atoms with Crippen molar-refractivity contribution in [2.75, 3.05) is 20.6 Å². The summed E-state index contributed by atoms with van der Waals surface area (Å²) in [5.41, 5.74) is 0.103. The van der Waals surface area contributed by atoms with Gasteiger partial charge in [-0.3, -0.25) is 4.79 Å². The van der Waals surface area contributed by atoms with Crippen LogP contribution in [0.5, 0.6) is 0 Å². The normalized spacial score (nSPS) is 26.2. The molecule has 1 aliphatic heterocycles. The maximum Gasteiger partial charge on any atom is 0.326 e. The minimum absolute atomic E-state index is 0.0290. The first-order chi connectivity index (χ1) is 11.6. The highest BCUT2D eigenvalue weighted by Gasteiger charge is 2.50. The van der Waals surface area contributed by atoms with Gasteiger partial charge >= 0.3 is 5.97 Å². The van der Waals surface area contributed by atoms with Gasteiger partial charge in [-0.25, -0.2) is 17.5 Å². The molecule has 2 heterocycles. The summed E-state index contributed by atoms with van der Waals surface area (Å²) in [6, 6.07) is 0.336. The molecule has 1 N–H and O–H groups in total. The first kappa shape index (κ1) is 17.9. The van der Waals surface area contributed by atoms with Crippen LogP contribution in [0.15, 0.2) is 15.6 Å². The minimum Gasteiger partial charge on any atom is -0.480 e. The monoisotopic (exact) mass is 370 g/mol. The third-order valence-corrected chi connectivity index (χ3v) is 6.94. The Bertz CT molecular complexity index is 813. The van der Waals surface area contributed by atoms with Crippen molar-refractivity contribution in [3.8, 4) is 0 Å². The predicted molar refractivity (Wildman–Crippen MR) is 87.6 cm³/mol. The Morgan fingerprint density at radius 1 is 1.32 bits per heavy atom. The Kier molecular flexibility index (Phi) is 4.40. The summed E-state index contributed by atoms with van der Waals surface area (Å²) in [6.45, 7) is 1.90. The van der Waals surface area contributed by atoms with E-state index in [0.29, 0.717) is 6.54 Å². The summed E-state index contributed by atoms with van der Waals surface area (Å²) in [5, 5.41) is 9.27. The molecular formula is C16H22N2O6S. The van der Waals surface area contributed by atoms with Crippen molar-refractivity contribution >= 4 is 21.9 Å². The van der Waals surface area contributed by atoms with Gasteiger partial charge in [-0.2, -0.15) is 0 Å². The van der Waals surface area contributed by atoms with Crippen LogP contribution in [0.4, 0.5) is 0 Å². The molecule has 138 valence electrons. The summed E-state index contributed by atoms with van der Waals surface area (Å²) in [6.07, 6.45) is 2.70. The fourth-order valence-electron chi connectivity index (χ4n) is 3.96. The molecule has 1 saturated heterocycles. The van der Waals surface area contributed by atoms with Gasteiger partial charge in [0.1, 0.15) is 11.8 Å². The molecule has 0 spiro atoms. The van der Waals surface area contributed by atoms with Crippen molar-refractivity contribution in [3.05, 3.63) is 17.4 Å². The fraction of sp³-hybridized carbons (Fsp3) is 0.625. The molecule has 1 amide bonds. The molecule has 8 nitrogen and oxygen atoms in total. The number of likely N-dealkylation sites (tertiary alicyclic amines) is 1. The maximum absolute atomic E-state index is 12.9. The second-order valence-corrected chi connectivity index (χ2v) is 9.00. The number of carbonyl (C=O) groups excluding carboxylic acids is 1. The third kappa shape index (κ3) is 2.85. The number of carboxylic acids is 1. The van der Waals surface area contributed by atoms with Crippen molar-refractivity contribution in [2.24, 2.45) is 11.8 Å². The van der Waals surface area contributed by atoms with Gasteiger partial charge in [0.25, 0.3) is 15.9 Å². The first-order valence-corrected chi connectivity index (χ1v) is 9.65. The molecule has 0 aromatic carbocycles. The number of fused-ring (bicyclic) bond motifs is 1. The van der Waals surface area contributed by atoms with Crippen LogP contribution in [0.25, 0.3) is 0 Å². The molecule has 1 aromatic heterocycles. The van der Waals surface area contributed by atoms with E-state index in [-0.39, 0.29) is 28.3 Å². The highest BCUT2D eigenvalue weighted by atomic mass is 32.2. The first-order valence-electron chi connectivity index (χ1n) is 8.21. The molecule has 3 rings (SSSR count). The Labute approximate surface area is 146 Å². The van der Waals surface area contributed by atoms with E-state index in [4.69, 9.17) is 4.42 Å². The summed E-state index contributed by atoms with van der Waals surface area (Å²) in [4.78, 5) is 26.0. The zero-order valence-electron chi connectivity index (χ0n) is 14.4. The number of carbonyl (C=O) groups is 2. The summed E-state index contributed by atoms with van der Waals surface area (Å²) >= 11 is 0. The van der Waals surface area contributed by atoms with Crippen LogP contribution in [-0.4, -0.2) is 61.3 Å². The second kappa shape index (κ2) is 6.14. The van der Waals surface area contributed by atoms with E-state index in [2.05, 4.69) is 0 Å². The van der Waals surface area contributed by atoms with Gasteiger partial charge in [-0.1, -0.05) is 6.42 Å². The molecule has 1 aliphatic carbocycles. The number of furan rings is 1. The van der Waals surface area contributed by atoms with Crippen molar-refractivity contribution < 1.29 is 27.5 Å². The lowest BCUT2D eigenvalue weighted by Crippen LogP contribution is -2.43. The lowest BCUT2D eigenvalue weighted by molar-refractivity contribution is -0.142. The molecule has 9 heteroatoms. The fourth-order valence-corrected chi connectivity index (χ4v) is 4.82. The molecule has 2 fully saturated rings. The minimum atomic E-state index is -3.80. The number of sulfonamides is 1. The third-order valence-electron chi connectivity index (χ3n) is 5.26. The van der Waals surface area contributed by atoms with Gasteiger partial charge in [0.05, 0.1) is 5.56 Å². The smallest absolute Gasteiger partial charge is 0.326 e. The largest absolute Gasteiger partial charge is 0.480 e. The average Bonchev–Trinajstić information content (AvgIpc) is 3.18. The number of nitrogens with zero attached hydrogens (tertiary/aromatic N) is 2. The van der Waals surface area contributed by atoms with Crippen LogP contribution < -0.4 is 0 Å². The number of amides is 1. The summed E-state index contributed by atoms with van der Waals surface area (Å²) < 4.78 is 30.7. The van der Waals surface area contributed by atoms with Gasteiger partial charge in [0, 0.05) is 26.7 Å². The van der Waals surface area contributed by atoms with E-state index in [1.807, 2.05) is 0 Å². The van der Waals surface area contributed by atoms with E-state index >= 15 is 0 Å². The second-order valence-electron chi connectivity index (χ2n) is 6.92. The maximum atomic E-state index is 12.9. The summed E-state index contributed by atoms with van der Waals surface area (Å²) in [5.74, 6) is -1.15. The number of hydrogen-bond donors (Lipinski definition) is 1. The molecule has 3 atom stereocenters. The topological polar surface area (TPSA) is 108 Å². The molecular weight excluding hydrogens is 348 g/mol. The van der Waals surface area contributed by atoms with Crippen LogP contribution in [0.3, 0.4) is 0 Å². The number of aryl methyl sites for hydroxylation is 1. The van der Waals surface area contributed by atoms with Gasteiger partial charge < -0.3 is 14.4 Å². The summed E-state index contributed by atoms with van der Waals surface area (Å²) in [7, 11) is -1.06. The Balaban J connectivity index is 1.94. The lowest BCUT2D eigenvalue weighted by Gasteiger charge is -2.24. The number of carboxylic acid groups (broad SMARTS) is 1. The predicted octanol–water partition coefficient (Wildman–Crippen LogP) is 1.16. The SMILES string of the molecule is Cc1oc(S(=O)(=O)N(C)C)cc1C(=O)N1CC2CCCC2C1C(=O)O. The molecule has 1 aromatic rings. The Hall–Kier alpha value is -1.87. The van der Waals surface area contributed by atoms with E-state index in [1.165, 1.54) is 32.0 Å². The zero-order chi connectivity index (χ0) is 18.5. The van der Waals surface area contributed by atoms with E-state index < -0.39 is 27.9 Å². The highest BCUT2D eigenvalue weighted by Crippen LogP contribution is 2.43. The van der Waals surface area contributed by atoms with Crippen LogP contribution in [0.1, 0.15) is 35.4 Å². The highest BCUT2D eigenvalue weighted by molar-refractivity contribution is 7.88. The van der Waals surface area contributed by atoms with Crippen LogP contribution in [-0.2, 0) is 14.8 Å². The number of rotatable bonds is 4.